The molecule has 4 nitrogen and oxygen atoms in total. The Hall–Kier alpha value is -2.76. The van der Waals surface area contributed by atoms with Crippen LogP contribution in [0, 0.1) is 11.6 Å². The Morgan fingerprint density at radius 1 is 1.00 bits per heavy atom. The molecular formula is C14H9F2N3O. The summed E-state index contributed by atoms with van der Waals surface area (Å²) in [7, 11) is 0. The summed E-state index contributed by atoms with van der Waals surface area (Å²) in [5.41, 5.74) is 6.92. The van der Waals surface area contributed by atoms with Gasteiger partial charge in [-0.15, -0.1) is 0 Å². The van der Waals surface area contributed by atoms with Crippen molar-refractivity contribution in [1.29, 1.82) is 0 Å². The minimum Gasteiger partial charge on any atom is -0.398 e. The highest BCUT2D eigenvalue weighted by molar-refractivity contribution is 5.72. The second-order valence-electron chi connectivity index (χ2n) is 4.13. The van der Waals surface area contributed by atoms with Gasteiger partial charge >= 0.3 is 0 Å². The van der Waals surface area contributed by atoms with E-state index in [1.165, 1.54) is 6.07 Å². The van der Waals surface area contributed by atoms with Crippen LogP contribution < -0.4 is 5.73 Å². The SMILES string of the molecule is Nc1ccccc1-c1noc(-c2ccc(F)cc2F)n1. The molecule has 0 amide bonds. The number of halogens is 2. The molecule has 3 aromatic rings. The van der Waals surface area contributed by atoms with Crippen LogP contribution in [0.25, 0.3) is 22.8 Å². The zero-order chi connectivity index (χ0) is 14.1. The van der Waals surface area contributed by atoms with Gasteiger partial charge in [-0.1, -0.05) is 17.3 Å². The summed E-state index contributed by atoms with van der Waals surface area (Å²) in [6.45, 7) is 0. The fourth-order valence-electron chi connectivity index (χ4n) is 1.81. The number of hydrogen-bond donors (Lipinski definition) is 1. The first-order chi connectivity index (χ1) is 9.65. The topological polar surface area (TPSA) is 64.9 Å². The van der Waals surface area contributed by atoms with Crippen molar-refractivity contribution in [3.63, 3.8) is 0 Å². The van der Waals surface area contributed by atoms with E-state index in [1.54, 1.807) is 24.3 Å². The summed E-state index contributed by atoms with van der Waals surface area (Å²) >= 11 is 0. The highest BCUT2D eigenvalue weighted by atomic mass is 19.1. The first kappa shape index (κ1) is 12.3. The molecule has 0 unspecified atom stereocenters. The summed E-state index contributed by atoms with van der Waals surface area (Å²) in [4.78, 5) is 4.08. The Morgan fingerprint density at radius 3 is 2.55 bits per heavy atom. The number of benzene rings is 2. The third-order valence-corrected chi connectivity index (χ3v) is 2.79. The largest absolute Gasteiger partial charge is 0.398 e. The Balaban J connectivity index is 2.04. The molecule has 3 rings (SSSR count). The third-order valence-electron chi connectivity index (χ3n) is 2.79. The number of aromatic nitrogens is 2. The summed E-state index contributed by atoms with van der Waals surface area (Å²) in [6.07, 6.45) is 0. The third kappa shape index (κ3) is 2.11. The van der Waals surface area contributed by atoms with Crippen LogP contribution in [0.3, 0.4) is 0 Å². The van der Waals surface area contributed by atoms with Crippen molar-refractivity contribution in [2.75, 3.05) is 5.73 Å². The molecule has 100 valence electrons. The maximum atomic E-state index is 13.6. The molecule has 0 aliphatic rings. The van der Waals surface area contributed by atoms with Crippen LogP contribution >= 0.6 is 0 Å². The summed E-state index contributed by atoms with van der Waals surface area (Å²) < 4.78 is 31.5. The highest BCUT2D eigenvalue weighted by Crippen LogP contribution is 2.27. The molecule has 6 heteroatoms. The van der Waals surface area contributed by atoms with Crippen LogP contribution in [0.15, 0.2) is 47.0 Å². The Labute approximate surface area is 112 Å². The van der Waals surface area contributed by atoms with E-state index in [1.807, 2.05) is 0 Å². The van der Waals surface area contributed by atoms with Gasteiger partial charge in [0.15, 0.2) is 0 Å². The van der Waals surface area contributed by atoms with Crippen LogP contribution in [0.2, 0.25) is 0 Å². The molecule has 0 bridgehead atoms. The number of nitrogens with zero attached hydrogens (tertiary/aromatic N) is 2. The predicted octanol–water partition coefficient (Wildman–Crippen LogP) is 3.26. The van der Waals surface area contributed by atoms with Crippen molar-refractivity contribution in [1.82, 2.24) is 10.1 Å². The van der Waals surface area contributed by atoms with Crippen molar-refractivity contribution >= 4 is 5.69 Å². The molecule has 0 aliphatic heterocycles. The van der Waals surface area contributed by atoms with Gasteiger partial charge in [0, 0.05) is 17.3 Å². The lowest BCUT2D eigenvalue weighted by molar-refractivity contribution is 0.429. The number of para-hydroxylation sites is 1. The predicted molar refractivity (Wildman–Crippen MR) is 69.5 cm³/mol. The van der Waals surface area contributed by atoms with E-state index in [-0.39, 0.29) is 17.3 Å². The van der Waals surface area contributed by atoms with Gasteiger partial charge in [-0.3, -0.25) is 0 Å². The summed E-state index contributed by atoms with van der Waals surface area (Å²) in [6, 6.07) is 10.1. The van der Waals surface area contributed by atoms with E-state index in [9.17, 15) is 8.78 Å². The standard InChI is InChI=1S/C14H9F2N3O/c15-8-5-6-9(11(16)7-8)14-18-13(19-20-14)10-3-1-2-4-12(10)17/h1-7H,17H2. The van der Waals surface area contributed by atoms with Crippen LogP contribution in [0.4, 0.5) is 14.5 Å². The van der Waals surface area contributed by atoms with Crippen LogP contribution in [-0.4, -0.2) is 10.1 Å². The van der Waals surface area contributed by atoms with E-state index >= 15 is 0 Å². The van der Waals surface area contributed by atoms with Gasteiger partial charge < -0.3 is 10.3 Å². The minimum atomic E-state index is -0.763. The van der Waals surface area contributed by atoms with Gasteiger partial charge in [0.25, 0.3) is 5.89 Å². The second kappa shape index (κ2) is 4.73. The van der Waals surface area contributed by atoms with E-state index in [4.69, 9.17) is 10.3 Å². The first-order valence-corrected chi connectivity index (χ1v) is 5.79. The quantitative estimate of drug-likeness (QED) is 0.728. The van der Waals surface area contributed by atoms with Crippen molar-refractivity contribution in [2.24, 2.45) is 0 Å². The molecule has 2 aromatic carbocycles. The minimum absolute atomic E-state index is 0.0271. The fraction of sp³-hybridized carbons (Fsp3) is 0. The van der Waals surface area contributed by atoms with E-state index in [0.29, 0.717) is 11.3 Å². The van der Waals surface area contributed by atoms with Gasteiger partial charge in [-0.25, -0.2) is 8.78 Å². The maximum absolute atomic E-state index is 13.6. The number of nitrogen functional groups attached to an aromatic ring is 1. The molecule has 1 heterocycles. The van der Waals surface area contributed by atoms with Crippen molar-refractivity contribution in [3.8, 4) is 22.8 Å². The molecule has 0 saturated heterocycles. The van der Waals surface area contributed by atoms with E-state index in [2.05, 4.69) is 10.1 Å². The van der Waals surface area contributed by atoms with E-state index < -0.39 is 11.6 Å². The van der Waals surface area contributed by atoms with Gasteiger partial charge in [0.05, 0.1) is 5.56 Å². The molecule has 0 aliphatic carbocycles. The smallest absolute Gasteiger partial charge is 0.261 e. The lowest BCUT2D eigenvalue weighted by Crippen LogP contribution is -1.91. The Bertz CT molecular complexity index is 771. The molecule has 0 fully saturated rings. The number of rotatable bonds is 2. The molecule has 20 heavy (non-hydrogen) atoms. The van der Waals surface area contributed by atoms with Gasteiger partial charge in [-0.05, 0) is 24.3 Å². The molecule has 0 radical (unpaired) electrons. The molecule has 0 spiro atoms. The Morgan fingerprint density at radius 2 is 1.80 bits per heavy atom. The average Bonchev–Trinajstić information content (AvgIpc) is 2.88. The average molecular weight is 273 g/mol. The lowest BCUT2D eigenvalue weighted by Gasteiger charge is -1.98. The number of anilines is 1. The van der Waals surface area contributed by atoms with E-state index in [0.717, 1.165) is 12.1 Å². The molecule has 0 atom stereocenters. The molecular weight excluding hydrogens is 264 g/mol. The highest BCUT2D eigenvalue weighted by Gasteiger charge is 2.15. The van der Waals surface area contributed by atoms with Crippen LogP contribution in [-0.2, 0) is 0 Å². The number of nitrogens with two attached hydrogens (primary N) is 1. The molecule has 0 saturated carbocycles. The van der Waals surface area contributed by atoms with Crippen molar-refractivity contribution < 1.29 is 13.3 Å². The second-order valence-corrected chi connectivity index (χ2v) is 4.13. The number of hydrogen-bond acceptors (Lipinski definition) is 4. The fourth-order valence-corrected chi connectivity index (χ4v) is 1.81. The normalized spacial score (nSPS) is 10.7. The Kier molecular flexibility index (Phi) is 2.90. The molecule has 2 N–H and O–H groups in total. The molecule has 1 aromatic heterocycles. The van der Waals surface area contributed by atoms with Gasteiger partial charge in [0.1, 0.15) is 11.6 Å². The zero-order valence-corrected chi connectivity index (χ0v) is 10.2. The van der Waals surface area contributed by atoms with Crippen molar-refractivity contribution in [3.05, 3.63) is 54.1 Å². The van der Waals surface area contributed by atoms with Gasteiger partial charge in [-0.2, -0.15) is 4.98 Å². The van der Waals surface area contributed by atoms with Crippen LogP contribution in [0.1, 0.15) is 0 Å². The van der Waals surface area contributed by atoms with Crippen molar-refractivity contribution in [2.45, 2.75) is 0 Å². The zero-order valence-electron chi connectivity index (χ0n) is 10.2. The monoisotopic (exact) mass is 273 g/mol. The van der Waals surface area contributed by atoms with Crippen LogP contribution in [0.5, 0.6) is 0 Å². The summed E-state index contributed by atoms with van der Waals surface area (Å²) in [5.74, 6) is -1.21. The summed E-state index contributed by atoms with van der Waals surface area (Å²) in [5, 5.41) is 3.76. The first-order valence-electron chi connectivity index (χ1n) is 5.79. The van der Waals surface area contributed by atoms with Gasteiger partial charge in [0.2, 0.25) is 5.82 Å². The lowest BCUT2D eigenvalue weighted by atomic mass is 10.1. The maximum Gasteiger partial charge on any atom is 0.261 e.